The molecule has 12 nitrogen and oxygen atoms in total. The summed E-state index contributed by atoms with van der Waals surface area (Å²) in [6.45, 7) is 0. The van der Waals surface area contributed by atoms with Crippen LogP contribution >= 0.6 is 0 Å². The standard InChI is InChI=1S/C19H24N8O4/c1-22-10(20-14-12(22)16(28)26(5)18(30)24(14)3)8-7-9-11-21-15-13(23(11)2)17(29)27(6)19(31)25(15)4/h7-9H2,1-6H3. The summed E-state index contributed by atoms with van der Waals surface area (Å²) >= 11 is 0. The Labute approximate surface area is 175 Å². The van der Waals surface area contributed by atoms with Crippen molar-refractivity contribution >= 4 is 22.3 Å². The summed E-state index contributed by atoms with van der Waals surface area (Å²) in [6, 6.07) is 0. The number of fused-ring (bicyclic) bond motifs is 2. The van der Waals surface area contributed by atoms with Crippen LogP contribution in [0.5, 0.6) is 0 Å². The van der Waals surface area contributed by atoms with Gasteiger partial charge in [0, 0.05) is 55.1 Å². The highest BCUT2D eigenvalue weighted by atomic mass is 16.2. The fourth-order valence-corrected chi connectivity index (χ4v) is 3.98. The molecule has 0 aliphatic heterocycles. The van der Waals surface area contributed by atoms with Crippen molar-refractivity contribution in [1.29, 1.82) is 0 Å². The number of nitrogens with zero attached hydrogens (tertiary/aromatic N) is 8. The van der Waals surface area contributed by atoms with E-state index >= 15 is 0 Å². The second-order valence-electron chi connectivity index (χ2n) is 7.78. The minimum absolute atomic E-state index is 0.354. The molecule has 0 saturated heterocycles. The van der Waals surface area contributed by atoms with Crippen molar-refractivity contribution in [2.45, 2.75) is 19.3 Å². The third kappa shape index (κ3) is 2.81. The lowest BCUT2D eigenvalue weighted by Gasteiger charge is -2.04. The Hall–Kier alpha value is -3.70. The highest BCUT2D eigenvalue weighted by Gasteiger charge is 2.19. The van der Waals surface area contributed by atoms with E-state index in [0.717, 1.165) is 9.13 Å². The number of rotatable bonds is 4. The third-order valence-electron chi connectivity index (χ3n) is 5.94. The smallest absolute Gasteiger partial charge is 0.325 e. The van der Waals surface area contributed by atoms with Crippen molar-refractivity contribution in [3.8, 4) is 0 Å². The zero-order chi connectivity index (χ0) is 22.8. The van der Waals surface area contributed by atoms with Crippen LogP contribution < -0.4 is 22.5 Å². The van der Waals surface area contributed by atoms with Crippen molar-refractivity contribution in [3.63, 3.8) is 0 Å². The van der Waals surface area contributed by atoms with Crippen LogP contribution in [-0.4, -0.2) is 37.4 Å². The van der Waals surface area contributed by atoms with E-state index in [1.165, 1.54) is 23.2 Å². The van der Waals surface area contributed by atoms with Crippen molar-refractivity contribution in [2.75, 3.05) is 0 Å². The number of aromatic nitrogens is 8. The van der Waals surface area contributed by atoms with Crippen LogP contribution in [0.1, 0.15) is 18.1 Å². The number of hydrogen-bond acceptors (Lipinski definition) is 6. The van der Waals surface area contributed by atoms with Gasteiger partial charge in [-0.15, -0.1) is 0 Å². The quantitative estimate of drug-likeness (QED) is 0.387. The Balaban J connectivity index is 1.68. The van der Waals surface area contributed by atoms with Gasteiger partial charge in [-0.1, -0.05) is 0 Å². The van der Waals surface area contributed by atoms with Gasteiger partial charge in [0.25, 0.3) is 11.1 Å². The average molecular weight is 428 g/mol. The van der Waals surface area contributed by atoms with Crippen LogP contribution in [0.2, 0.25) is 0 Å². The lowest BCUT2D eigenvalue weighted by molar-refractivity contribution is 0.690. The number of aryl methyl sites for hydroxylation is 6. The van der Waals surface area contributed by atoms with Crippen molar-refractivity contribution in [3.05, 3.63) is 53.3 Å². The van der Waals surface area contributed by atoms with Gasteiger partial charge in [-0.3, -0.25) is 27.9 Å². The Bertz CT molecular complexity index is 1490. The zero-order valence-corrected chi connectivity index (χ0v) is 18.3. The van der Waals surface area contributed by atoms with Crippen LogP contribution in [0.3, 0.4) is 0 Å². The highest BCUT2D eigenvalue weighted by molar-refractivity contribution is 5.71. The van der Waals surface area contributed by atoms with Crippen molar-refractivity contribution in [1.82, 2.24) is 37.4 Å². The van der Waals surface area contributed by atoms with Gasteiger partial charge in [-0.05, 0) is 6.42 Å². The molecule has 12 heteroatoms. The van der Waals surface area contributed by atoms with E-state index in [1.807, 2.05) is 0 Å². The summed E-state index contributed by atoms with van der Waals surface area (Å²) in [4.78, 5) is 58.4. The van der Waals surface area contributed by atoms with Gasteiger partial charge < -0.3 is 9.13 Å². The van der Waals surface area contributed by atoms with E-state index in [0.29, 0.717) is 53.2 Å². The Kier molecular flexibility index (Phi) is 4.60. The van der Waals surface area contributed by atoms with E-state index in [-0.39, 0.29) is 11.1 Å². The van der Waals surface area contributed by atoms with Gasteiger partial charge in [0.1, 0.15) is 11.6 Å². The molecule has 0 unspecified atom stereocenters. The molecule has 0 N–H and O–H groups in total. The highest BCUT2D eigenvalue weighted by Crippen LogP contribution is 2.14. The molecular weight excluding hydrogens is 404 g/mol. The summed E-state index contributed by atoms with van der Waals surface area (Å²) in [7, 11) is 9.58. The molecule has 4 aromatic heterocycles. The molecule has 0 fully saturated rings. The molecule has 0 atom stereocenters. The van der Waals surface area contributed by atoms with Crippen molar-refractivity contribution < 1.29 is 0 Å². The van der Waals surface area contributed by atoms with E-state index in [2.05, 4.69) is 9.97 Å². The monoisotopic (exact) mass is 428 g/mol. The van der Waals surface area contributed by atoms with Gasteiger partial charge in [0.05, 0.1) is 0 Å². The minimum atomic E-state index is -0.422. The van der Waals surface area contributed by atoms with Crippen molar-refractivity contribution in [2.24, 2.45) is 42.3 Å². The molecule has 4 aromatic rings. The summed E-state index contributed by atoms with van der Waals surface area (Å²) in [5.74, 6) is 1.35. The van der Waals surface area contributed by atoms with E-state index in [1.54, 1.807) is 37.3 Å². The fourth-order valence-electron chi connectivity index (χ4n) is 3.98. The lowest BCUT2D eigenvalue weighted by atomic mass is 10.2. The maximum atomic E-state index is 12.5. The average Bonchev–Trinajstić information content (AvgIpc) is 3.25. The topological polar surface area (TPSA) is 124 Å². The number of hydrogen-bond donors (Lipinski definition) is 0. The minimum Gasteiger partial charge on any atom is -0.325 e. The summed E-state index contributed by atoms with van der Waals surface area (Å²) < 4.78 is 8.29. The second-order valence-corrected chi connectivity index (χ2v) is 7.78. The molecule has 0 amide bonds. The van der Waals surface area contributed by atoms with Crippen LogP contribution in [0.25, 0.3) is 22.3 Å². The van der Waals surface area contributed by atoms with E-state index < -0.39 is 11.4 Å². The summed E-state index contributed by atoms with van der Waals surface area (Å²) in [6.07, 6.45) is 1.74. The molecule has 31 heavy (non-hydrogen) atoms. The van der Waals surface area contributed by atoms with Gasteiger partial charge in [-0.2, -0.15) is 0 Å². The SMILES string of the molecule is Cn1c(=O)c2c(nc(CCCc3nc4c(c(=O)n(C)c(=O)n4C)n3C)n2C)n(C)c1=O. The summed E-state index contributed by atoms with van der Waals surface area (Å²) in [5, 5.41) is 0. The summed E-state index contributed by atoms with van der Waals surface area (Å²) in [5.41, 5.74) is -0.152. The predicted molar refractivity (Wildman–Crippen MR) is 114 cm³/mol. The lowest BCUT2D eigenvalue weighted by Crippen LogP contribution is -2.37. The first kappa shape index (κ1) is 20.6. The van der Waals surface area contributed by atoms with Gasteiger partial charge >= 0.3 is 11.4 Å². The van der Waals surface area contributed by atoms with Gasteiger partial charge in [0.15, 0.2) is 22.3 Å². The zero-order valence-electron chi connectivity index (χ0n) is 18.3. The first-order valence-electron chi connectivity index (χ1n) is 9.78. The maximum Gasteiger partial charge on any atom is 0.332 e. The normalized spacial score (nSPS) is 11.8. The largest absolute Gasteiger partial charge is 0.332 e. The Morgan fingerprint density at radius 3 is 1.26 bits per heavy atom. The molecule has 0 aliphatic rings. The molecule has 0 aromatic carbocycles. The molecule has 0 saturated carbocycles. The molecule has 0 spiro atoms. The molecular formula is C19H24N8O4. The molecule has 4 rings (SSSR count). The molecule has 0 bridgehead atoms. The first-order chi connectivity index (χ1) is 14.6. The predicted octanol–water partition coefficient (Wildman–Crippen LogP) is -1.57. The molecule has 0 radical (unpaired) electrons. The van der Waals surface area contributed by atoms with Gasteiger partial charge in [-0.25, -0.2) is 19.6 Å². The fraction of sp³-hybridized carbons (Fsp3) is 0.474. The van der Waals surface area contributed by atoms with Crippen LogP contribution in [0.15, 0.2) is 19.2 Å². The third-order valence-corrected chi connectivity index (χ3v) is 5.94. The maximum absolute atomic E-state index is 12.5. The molecule has 164 valence electrons. The van der Waals surface area contributed by atoms with E-state index in [4.69, 9.17) is 0 Å². The Morgan fingerprint density at radius 1 is 0.548 bits per heavy atom. The second kappa shape index (κ2) is 6.93. The van der Waals surface area contributed by atoms with Gasteiger partial charge in [0.2, 0.25) is 0 Å². The van der Waals surface area contributed by atoms with Crippen LogP contribution in [0.4, 0.5) is 0 Å². The Morgan fingerprint density at radius 2 is 0.903 bits per heavy atom. The van der Waals surface area contributed by atoms with Crippen LogP contribution in [0, 0.1) is 0 Å². The molecule has 0 aliphatic carbocycles. The number of imidazole rings is 2. The first-order valence-corrected chi connectivity index (χ1v) is 9.78. The molecule has 4 heterocycles. The van der Waals surface area contributed by atoms with Crippen LogP contribution in [-0.2, 0) is 55.1 Å². The van der Waals surface area contributed by atoms with E-state index in [9.17, 15) is 19.2 Å².